The number of hydrogen-bond acceptors (Lipinski definition) is 2. The fraction of sp³-hybridized carbons (Fsp3) is 0.467. The molecular formula is C15H22O2. The van der Waals surface area contributed by atoms with Crippen molar-refractivity contribution in [2.45, 2.75) is 39.5 Å². The Kier molecular flexibility index (Phi) is 5.61. The first-order chi connectivity index (χ1) is 8.24. The van der Waals surface area contributed by atoms with E-state index in [2.05, 4.69) is 13.0 Å². The highest BCUT2D eigenvalue weighted by Crippen LogP contribution is 2.34. The van der Waals surface area contributed by atoms with Crippen LogP contribution in [-0.2, 0) is 6.42 Å². The molecule has 0 atom stereocenters. The Morgan fingerprint density at radius 1 is 1.29 bits per heavy atom. The third kappa shape index (κ3) is 3.52. The lowest BCUT2D eigenvalue weighted by Crippen LogP contribution is -1.96. The Morgan fingerprint density at radius 3 is 2.65 bits per heavy atom. The maximum atomic E-state index is 9.79. The standard InChI is InChI=1S/C15H22O2/c1-4-6-7-9-13-12(8-5-2)10-11-14(16)15(13)17-3/h5,8,10-11,16H,4,6-7,9H2,1-3H3. The number of rotatable bonds is 6. The van der Waals surface area contributed by atoms with Crippen molar-refractivity contribution in [3.05, 3.63) is 29.3 Å². The number of ether oxygens (including phenoxy) is 1. The van der Waals surface area contributed by atoms with Crippen LogP contribution in [0.3, 0.4) is 0 Å². The number of unbranched alkanes of at least 4 members (excludes halogenated alkanes) is 2. The summed E-state index contributed by atoms with van der Waals surface area (Å²) in [6.07, 6.45) is 8.54. The monoisotopic (exact) mass is 234 g/mol. The Labute approximate surface area is 104 Å². The maximum absolute atomic E-state index is 9.79. The summed E-state index contributed by atoms with van der Waals surface area (Å²) in [6.45, 7) is 4.18. The second-order valence-corrected chi connectivity index (χ2v) is 4.14. The summed E-state index contributed by atoms with van der Waals surface area (Å²) >= 11 is 0. The lowest BCUT2D eigenvalue weighted by molar-refractivity contribution is 0.368. The molecule has 2 heteroatoms. The maximum Gasteiger partial charge on any atom is 0.164 e. The summed E-state index contributed by atoms with van der Waals surface area (Å²) in [4.78, 5) is 0. The number of methoxy groups -OCH3 is 1. The van der Waals surface area contributed by atoms with Crippen LogP contribution < -0.4 is 4.74 Å². The molecule has 0 bridgehead atoms. The van der Waals surface area contributed by atoms with E-state index >= 15 is 0 Å². The largest absolute Gasteiger partial charge is 0.504 e. The lowest BCUT2D eigenvalue weighted by atomic mass is 9.99. The SMILES string of the molecule is CC=Cc1ccc(O)c(OC)c1CCCCC. The molecule has 1 N–H and O–H groups in total. The van der Waals surface area contributed by atoms with Gasteiger partial charge in [-0.2, -0.15) is 0 Å². The highest BCUT2D eigenvalue weighted by molar-refractivity contribution is 5.61. The Morgan fingerprint density at radius 2 is 2.06 bits per heavy atom. The lowest BCUT2D eigenvalue weighted by Gasteiger charge is -2.13. The van der Waals surface area contributed by atoms with E-state index in [0.29, 0.717) is 5.75 Å². The molecule has 17 heavy (non-hydrogen) atoms. The van der Waals surface area contributed by atoms with Crippen molar-refractivity contribution in [1.29, 1.82) is 0 Å². The van der Waals surface area contributed by atoms with Crippen LogP contribution in [0.4, 0.5) is 0 Å². The Hall–Kier alpha value is -1.44. The molecule has 0 unspecified atom stereocenters. The quantitative estimate of drug-likeness (QED) is 0.749. The molecule has 1 rings (SSSR count). The van der Waals surface area contributed by atoms with Crippen LogP contribution in [0.1, 0.15) is 44.2 Å². The molecule has 94 valence electrons. The number of phenols is 1. The second-order valence-electron chi connectivity index (χ2n) is 4.14. The third-order valence-corrected chi connectivity index (χ3v) is 2.86. The minimum atomic E-state index is 0.229. The fourth-order valence-electron chi connectivity index (χ4n) is 2.00. The molecule has 1 aromatic carbocycles. The van der Waals surface area contributed by atoms with E-state index in [-0.39, 0.29) is 5.75 Å². The number of allylic oxidation sites excluding steroid dienone is 1. The van der Waals surface area contributed by atoms with E-state index in [0.717, 1.165) is 24.0 Å². The van der Waals surface area contributed by atoms with Crippen LogP contribution in [0.5, 0.6) is 11.5 Å². The average molecular weight is 234 g/mol. The number of phenolic OH excluding ortho intramolecular Hbond substituents is 1. The van der Waals surface area contributed by atoms with Gasteiger partial charge in [-0.05, 0) is 31.4 Å². The van der Waals surface area contributed by atoms with Gasteiger partial charge >= 0.3 is 0 Å². The van der Waals surface area contributed by atoms with Gasteiger partial charge in [-0.25, -0.2) is 0 Å². The van der Waals surface area contributed by atoms with Crippen molar-refractivity contribution >= 4 is 6.08 Å². The molecule has 0 heterocycles. The number of aromatic hydroxyl groups is 1. The van der Waals surface area contributed by atoms with Gasteiger partial charge < -0.3 is 9.84 Å². The zero-order chi connectivity index (χ0) is 12.7. The van der Waals surface area contributed by atoms with Gasteiger partial charge in [0.2, 0.25) is 0 Å². The highest BCUT2D eigenvalue weighted by atomic mass is 16.5. The molecule has 0 fully saturated rings. The van der Waals surface area contributed by atoms with Gasteiger partial charge in [0, 0.05) is 5.56 Å². The van der Waals surface area contributed by atoms with E-state index in [1.807, 2.05) is 19.1 Å². The molecule has 0 aliphatic heterocycles. The van der Waals surface area contributed by atoms with Crippen LogP contribution in [0.15, 0.2) is 18.2 Å². The van der Waals surface area contributed by atoms with Gasteiger partial charge in [-0.3, -0.25) is 0 Å². The first kappa shape index (κ1) is 13.6. The van der Waals surface area contributed by atoms with Gasteiger partial charge in [0.15, 0.2) is 11.5 Å². The van der Waals surface area contributed by atoms with Crippen molar-refractivity contribution < 1.29 is 9.84 Å². The molecule has 0 aromatic heterocycles. The molecule has 0 aliphatic rings. The molecule has 0 amide bonds. The third-order valence-electron chi connectivity index (χ3n) is 2.86. The van der Waals surface area contributed by atoms with Crippen LogP contribution in [-0.4, -0.2) is 12.2 Å². The van der Waals surface area contributed by atoms with Gasteiger partial charge in [0.25, 0.3) is 0 Å². The van der Waals surface area contributed by atoms with Gasteiger partial charge in [0.05, 0.1) is 7.11 Å². The van der Waals surface area contributed by atoms with Gasteiger partial charge in [-0.15, -0.1) is 0 Å². The van der Waals surface area contributed by atoms with Crippen molar-refractivity contribution in [1.82, 2.24) is 0 Å². The molecule has 1 aromatic rings. The molecular weight excluding hydrogens is 212 g/mol. The van der Waals surface area contributed by atoms with Crippen molar-refractivity contribution in [3.8, 4) is 11.5 Å². The topological polar surface area (TPSA) is 29.5 Å². The highest BCUT2D eigenvalue weighted by Gasteiger charge is 2.11. The average Bonchev–Trinajstić information content (AvgIpc) is 2.33. The first-order valence-electron chi connectivity index (χ1n) is 6.26. The Bertz CT molecular complexity index is 381. The smallest absolute Gasteiger partial charge is 0.164 e. The van der Waals surface area contributed by atoms with Crippen molar-refractivity contribution in [3.63, 3.8) is 0 Å². The molecule has 0 saturated carbocycles. The van der Waals surface area contributed by atoms with E-state index < -0.39 is 0 Å². The molecule has 0 saturated heterocycles. The molecule has 2 nitrogen and oxygen atoms in total. The van der Waals surface area contributed by atoms with E-state index in [9.17, 15) is 5.11 Å². The van der Waals surface area contributed by atoms with Crippen LogP contribution >= 0.6 is 0 Å². The van der Waals surface area contributed by atoms with Gasteiger partial charge in [-0.1, -0.05) is 38.0 Å². The van der Waals surface area contributed by atoms with Crippen molar-refractivity contribution in [2.75, 3.05) is 7.11 Å². The normalized spacial score (nSPS) is 11.0. The Balaban J connectivity index is 3.05. The minimum Gasteiger partial charge on any atom is -0.504 e. The summed E-state index contributed by atoms with van der Waals surface area (Å²) in [7, 11) is 1.61. The van der Waals surface area contributed by atoms with Crippen LogP contribution in [0.25, 0.3) is 6.08 Å². The number of hydrogen-bond donors (Lipinski definition) is 1. The van der Waals surface area contributed by atoms with Gasteiger partial charge in [0.1, 0.15) is 0 Å². The predicted octanol–water partition coefficient (Wildman–Crippen LogP) is 4.17. The zero-order valence-corrected chi connectivity index (χ0v) is 11.0. The number of benzene rings is 1. The van der Waals surface area contributed by atoms with Crippen LogP contribution in [0.2, 0.25) is 0 Å². The molecule has 0 aliphatic carbocycles. The summed E-state index contributed by atoms with van der Waals surface area (Å²) < 4.78 is 5.31. The second kappa shape index (κ2) is 7.00. The van der Waals surface area contributed by atoms with E-state index in [1.165, 1.54) is 12.8 Å². The molecule has 0 radical (unpaired) electrons. The van der Waals surface area contributed by atoms with E-state index in [4.69, 9.17) is 4.74 Å². The fourth-order valence-corrected chi connectivity index (χ4v) is 2.00. The van der Waals surface area contributed by atoms with E-state index in [1.54, 1.807) is 13.2 Å². The summed E-state index contributed by atoms with van der Waals surface area (Å²) in [5, 5.41) is 9.79. The summed E-state index contributed by atoms with van der Waals surface area (Å²) in [5.41, 5.74) is 2.25. The summed E-state index contributed by atoms with van der Waals surface area (Å²) in [5.74, 6) is 0.851. The van der Waals surface area contributed by atoms with Crippen LogP contribution in [0, 0.1) is 0 Å². The molecule has 0 spiro atoms. The predicted molar refractivity (Wildman–Crippen MR) is 72.6 cm³/mol. The first-order valence-corrected chi connectivity index (χ1v) is 6.26. The van der Waals surface area contributed by atoms with Crippen molar-refractivity contribution in [2.24, 2.45) is 0 Å². The summed E-state index contributed by atoms with van der Waals surface area (Å²) in [6, 6.07) is 3.64. The minimum absolute atomic E-state index is 0.229. The zero-order valence-electron chi connectivity index (χ0n) is 11.0.